The molecule has 132 valence electrons. The Morgan fingerprint density at radius 2 is 1.96 bits per heavy atom. The molecule has 0 atom stereocenters. The summed E-state index contributed by atoms with van der Waals surface area (Å²) in [6, 6.07) is 4.99. The van der Waals surface area contributed by atoms with E-state index in [1.165, 1.54) is 12.3 Å². The molecule has 0 aromatic carbocycles. The highest BCUT2D eigenvalue weighted by Gasteiger charge is 2.32. The summed E-state index contributed by atoms with van der Waals surface area (Å²) in [5, 5.41) is -0.680. The van der Waals surface area contributed by atoms with Crippen molar-refractivity contribution in [2.75, 3.05) is 0 Å². The van der Waals surface area contributed by atoms with Gasteiger partial charge in [-0.05, 0) is 18.2 Å². The number of rotatable bonds is 3. The highest BCUT2D eigenvalue weighted by Crippen LogP contribution is 2.29. The standard InChI is InChI=1S/C14H10ClF3N4O3/c15-9-5-8(14(16,17)18)6-22(13(9)25)7-11(23)20-21-12(24)10-3-1-2-4-19-10/h1-6H,7H2,(H,20,23)(H,21,24). The summed E-state index contributed by atoms with van der Waals surface area (Å²) >= 11 is 5.47. The Balaban J connectivity index is 2.07. The number of halogens is 4. The summed E-state index contributed by atoms with van der Waals surface area (Å²) in [7, 11) is 0. The molecular weight excluding hydrogens is 365 g/mol. The fraction of sp³-hybridized carbons (Fsp3) is 0.143. The molecule has 11 heteroatoms. The van der Waals surface area contributed by atoms with Crippen LogP contribution in [0.4, 0.5) is 13.2 Å². The quantitative estimate of drug-likeness (QED) is 0.794. The lowest BCUT2D eigenvalue weighted by Gasteiger charge is -2.12. The molecular formula is C14H10ClF3N4O3. The molecule has 7 nitrogen and oxygen atoms in total. The molecule has 2 amide bonds. The Kier molecular flexibility index (Phi) is 5.42. The van der Waals surface area contributed by atoms with Gasteiger partial charge in [-0.2, -0.15) is 13.2 Å². The average molecular weight is 375 g/mol. The van der Waals surface area contributed by atoms with E-state index in [-0.39, 0.29) is 5.69 Å². The average Bonchev–Trinajstić information content (AvgIpc) is 2.56. The van der Waals surface area contributed by atoms with E-state index in [0.29, 0.717) is 16.8 Å². The fourth-order valence-corrected chi connectivity index (χ4v) is 1.98. The van der Waals surface area contributed by atoms with Crippen LogP contribution in [0.2, 0.25) is 5.02 Å². The second kappa shape index (κ2) is 7.34. The molecule has 2 rings (SSSR count). The van der Waals surface area contributed by atoms with E-state index < -0.39 is 40.7 Å². The van der Waals surface area contributed by atoms with Crippen molar-refractivity contribution >= 4 is 23.4 Å². The number of carbonyl (C=O) groups excluding carboxylic acids is 2. The van der Waals surface area contributed by atoms with Crippen LogP contribution in [0.5, 0.6) is 0 Å². The van der Waals surface area contributed by atoms with Crippen LogP contribution in [-0.4, -0.2) is 21.4 Å². The van der Waals surface area contributed by atoms with Gasteiger partial charge in [0.1, 0.15) is 17.3 Å². The number of hydrogen-bond donors (Lipinski definition) is 2. The molecule has 2 heterocycles. The molecule has 0 bridgehead atoms. The SMILES string of the molecule is O=C(Cn1cc(C(F)(F)F)cc(Cl)c1=O)NNC(=O)c1ccccn1. The van der Waals surface area contributed by atoms with Crippen molar-refractivity contribution < 1.29 is 22.8 Å². The molecule has 2 N–H and O–H groups in total. The molecule has 2 aromatic rings. The van der Waals surface area contributed by atoms with Crippen molar-refractivity contribution in [2.45, 2.75) is 12.7 Å². The molecule has 0 aliphatic heterocycles. The molecule has 0 saturated heterocycles. The Hall–Kier alpha value is -2.88. The van der Waals surface area contributed by atoms with E-state index in [0.717, 1.165) is 0 Å². The van der Waals surface area contributed by atoms with Gasteiger partial charge >= 0.3 is 6.18 Å². The van der Waals surface area contributed by atoms with Crippen LogP contribution in [0.1, 0.15) is 16.1 Å². The fourth-order valence-electron chi connectivity index (χ4n) is 1.75. The van der Waals surface area contributed by atoms with Crippen molar-refractivity contribution in [1.29, 1.82) is 0 Å². The zero-order valence-corrected chi connectivity index (χ0v) is 13.1. The van der Waals surface area contributed by atoms with Gasteiger partial charge < -0.3 is 4.57 Å². The number of alkyl halides is 3. The Morgan fingerprint density at radius 1 is 1.24 bits per heavy atom. The monoisotopic (exact) mass is 374 g/mol. The number of pyridine rings is 2. The molecule has 25 heavy (non-hydrogen) atoms. The van der Waals surface area contributed by atoms with Crippen molar-refractivity contribution in [1.82, 2.24) is 20.4 Å². The minimum atomic E-state index is -4.73. The maximum Gasteiger partial charge on any atom is 0.417 e. The van der Waals surface area contributed by atoms with Crippen LogP contribution < -0.4 is 16.4 Å². The maximum absolute atomic E-state index is 12.7. The van der Waals surface area contributed by atoms with Crippen LogP contribution in [0.15, 0.2) is 41.5 Å². The van der Waals surface area contributed by atoms with E-state index >= 15 is 0 Å². The van der Waals surface area contributed by atoms with E-state index in [4.69, 9.17) is 11.6 Å². The van der Waals surface area contributed by atoms with Crippen LogP contribution >= 0.6 is 11.6 Å². The summed E-state index contributed by atoms with van der Waals surface area (Å²) in [4.78, 5) is 38.9. The smallest absolute Gasteiger partial charge is 0.304 e. The molecule has 0 radical (unpaired) electrons. The van der Waals surface area contributed by atoms with Gasteiger partial charge in [0.2, 0.25) is 0 Å². The van der Waals surface area contributed by atoms with E-state index in [2.05, 4.69) is 4.98 Å². The first-order valence-electron chi connectivity index (χ1n) is 6.66. The van der Waals surface area contributed by atoms with Gasteiger partial charge in [0.15, 0.2) is 0 Å². The summed E-state index contributed by atoms with van der Waals surface area (Å²) in [6.07, 6.45) is -2.90. The van der Waals surface area contributed by atoms with Crippen LogP contribution in [0.25, 0.3) is 0 Å². The lowest BCUT2D eigenvalue weighted by molar-refractivity contribution is -0.138. The van der Waals surface area contributed by atoms with Gasteiger partial charge in [0, 0.05) is 12.4 Å². The summed E-state index contributed by atoms with van der Waals surface area (Å²) in [5.74, 6) is -1.66. The lowest BCUT2D eigenvalue weighted by atomic mass is 10.2. The third-order valence-corrected chi connectivity index (χ3v) is 3.17. The normalized spacial score (nSPS) is 11.0. The highest BCUT2D eigenvalue weighted by atomic mass is 35.5. The number of nitrogens with zero attached hydrogens (tertiary/aromatic N) is 2. The summed E-state index contributed by atoms with van der Waals surface area (Å²) < 4.78 is 38.7. The number of hydrazine groups is 1. The van der Waals surface area contributed by atoms with Crippen LogP contribution in [0.3, 0.4) is 0 Å². The minimum Gasteiger partial charge on any atom is -0.304 e. The van der Waals surface area contributed by atoms with Crippen molar-refractivity contribution in [3.8, 4) is 0 Å². The number of amides is 2. The summed E-state index contributed by atoms with van der Waals surface area (Å²) in [6.45, 7) is -0.773. The van der Waals surface area contributed by atoms with E-state index in [9.17, 15) is 27.6 Å². The van der Waals surface area contributed by atoms with Crippen LogP contribution in [-0.2, 0) is 17.5 Å². The molecule has 0 aliphatic rings. The van der Waals surface area contributed by atoms with Crippen molar-refractivity contribution in [3.05, 3.63) is 63.3 Å². The van der Waals surface area contributed by atoms with Gasteiger partial charge in [0.25, 0.3) is 17.4 Å². The molecule has 2 aromatic heterocycles. The predicted molar refractivity (Wildman–Crippen MR) is 80.6 cm³/mol. The first-order chi connectivity index (χ1) is 11.7. The molecule has 0 aliphatic carbocycles. The van der Waals surface area contributed by atoms with Gasteiger partial charge in [0.05, 0.1) is 5.56 Å². The molecule has 0 spiro atoms. The lowest BCUT2D eigenvalue weighted by Crippen LogP contribution is -2.44. The number of hydrogen-bond acceptors (Lipinski definition) is 4. The third-order valence-electron chi connectivity index (χ3n) is 2.90. The molecule has 0 unspecified atom stereocenters. The minimum absolute atomic E-state index is 0.0158. The predicted octanol–water partition coefficient (Wildman–Crippen LogP) is 1.38. The topological polar surface area (TPSA) is 93.1 Å². The zero-order valence-electron chi connectivity index (χ0n) is 12.3. The van der Waals surface area contributed by atoms with Gasteiger partial charge in [-0.1, -0.05) is 17.7 Å². The highest BCUT2D eigenvalue weighted by molar-refractivity contribution is 6.30. The molecule has 0 fully saturated rings. The molecule has 0 saturated carbocycles. The van der Waals surface area contributed by atoms with E-state index in [1.54, 1.807) is 12.1 Å². The number of nitrogens with one attached hydrogen (secondary N) is 2. The summed E-state index contributed by atoms with van der Waals surface area (Å²) in [5.41, 5.74) is 1.86. The Bertz CT molecular complexity index is 853. The Labute approximate surface area is 143 Å². The number of aromatic nitrogens is 2. The number of carbonyl (C=O) groups is 2. The largest absolute Gasteiger partial charge is 0.417 e. The van der Waals surface area contributed by atoms with Gasteiger partial charge in [-0.3, -0.25) is 30.2 Å². The van der Waals surface area contributed by atoms with Crippen molar-refractivity contribution in [3.63, 3.8) is 0 Å². The van der Waals surface area contributed by atoms with Gasteiger partial charge in [-0.15, -0.1) is 0 Å². The zero-order chi connectivity index (χ0) is 18.6. The van der Waals surface area contributed by atoms with Gasteiger partial charge in [-0.25, -0.2) is 0 Å². The first-order valence-corrected chi connectivity index (χ1v) is 7.03. The van der Waals surface area contributed by atoms with Crippen LogP contribution in [0, 0.1) is 0 Å². The second-order valence-electron chi connectivity index (χ2n) is 4.72. The maximum atomic E-state index is 12.7. The second-order valence-corrected chi connectivity index (χ2v) is 5.13. The third kappa shape index (κ3) is 4.80. The van der Waals surface area contributed by atoms with Crippen molar-refractivity contribution in [2.24, 2.45) is 0 Å². The first kappa shape index (κ1) is 18.5. The van der Waals surface area contributed by atoms with E-state index in [1.807, 2.05) is 10.9 Å². The Morgan fingerprint density at radius 3 is 2.56 bits per heavy atom.